The lowest BCUT2D eigenvalue weighted by Gasteiger charge is -1.99. The maximum absolute atomic E-state index is 5.62. The van der Waals surface area contributed by atoms with Crippen molar-refractivity contribution in [3.8, 4) is 0 Å². The van der Waals surface area contributed by atoms with E-state index in [0.29, 0.717) is 5.82 Å². The Balaban J connectivity index is 2.15. The highest BCUT2D eigenvalue weighted by Crippen LogP contribution is 2.32. The Kier molecular flexibility index (Phi) is 1.49. The molecular weight excluding hydrogens is 138 g/mol. The fourth-order valence-electron chi connectivity index (χ4n) is 1.13. The smallest absolute Gasteiger partial charge is 0.145 e. The van der Waals surface area contributed by atoms with Crippen molar-refractivity contribution in [1.29, 1.82) is 0 Å². The largest absolute Gasteiger partial charge is 0.382 e. The predicted molar refractivity (Wildman–Crippen MR) is 42.9 cm³/mol. The zero-order valence-corrected chi connectivity index (χ0v) is 6.33. The summed E-state index contributed by atoms with van der Waals surface area (Å²) < 4.78 is 0. The van der Waals surface area contributed by atoms with Crippen molar-refractivity contribution >= 4 is 5.82 Å². The van der Waals surface area contributed by atoms with E-state index in [0.717, 1.165) is 18.0 Å². The number of hydrogen-bond acceptors (Lipinski definition) is 3. The number of nitrogen functional groups attached to an aromatic ring is 1. The number of aromatic nitrogens is 2. The topological polar surface area (TPSA) is 51.8 Å². The lowest BCUT2D eigenvalue weighted by Crippen LogP contribution is -2.00. The van der Waals surface area contributed by atoms with Gasteiger partial charge in [0.05, 0.1) is 5.69 Å². The van der Waals surface area contributed by atoms with Gasteiger partial charge in [0.25, 0.3) is 0 Å². The number of rotatable bonds is 2. The van der Waals surface area contributed by atoms with E-state index in [-0.39, 0.29) is 0 Å². The van der Waals surface area contributed by atoms with Crippen molar-refractivity contribution in [2.45, 2.75) is 19.3 Å². The summed E-state index contributed by atoms with van der Waals surface area (Å²) in [6, 6.07) is 0. The monoisotopic (exact) mass is 149 g/mol. The van der Waals surface area contributed by atoms with Gasteiger partial charge in [0.2, 0.25) is 0 Å². The first-order valence-electron chi connectivity index (χ1n) is 3.91. The minimum Gasteiger partial charge on any atom is -0.382 e. The molecule has 1 heterocycles. The molecule has 3 nitrogen and oxygen atoms in total. The van der Waals surface area contributed by atoms with Crippen molar-refractivity contribution in [3.05, 3.63) is 18.1 Å². The van der Waals surface area contributed by atoms with E-state index in [2.05, 4.69) is 9.97 Å². The Morgan fingerprint density at radius 1 is 1.36 bits per heavy atom. The summed E-state index contributed by atoms with van der Waals surface area (Å²) >= 11 is 0. The summed E-state index contributed by atoms with van der Waals surface area (Å²) in [7, 11) is 0. The van der Waals surface area contributed by atoms with Gasteiger partial charge in [0, 0.05) is 12.4 Å². The second-order valence-electron chi connectivity index (χ2n) is 3.04. The molecular formula is C8H11N3. The summed E-state index contributed by atoms with van der Waals surface area (Å²) in [4.78, 5) is 8.15. The summed E-state index contributed by atoms with van der Waals surface area (Å²) in [5.41, 5.74) is 6.59. The molecule has 1 aromatic heterocycles. The second kappa shape index (κ2) is 2.49. The lowest BCUT2D eigenvalue weighted by atomic mass is 10.2. The summed E-state index contributed by atoms with van der Waals surface area (Å²) in [6.45, 7) is 0. The molecule has 1 fully saturated rings. The van der Waals surface area contributed by atoms with Crippen LogP contribution in [-0.4, -0.2) is 9.97 Å². The fourth-order valence-corrected chi connectivity index (χ4v) is 1.13. The molecule has 0 radical (unpaired) electrons. The molecule has 58 valence electrons. The Bertz CT molecular complexity index is 255. The molecule has 1 aliphatic rings. The quantitative estimate of drug-likeness (QED) is 0.682. The third-order valence-corrected chi connectivity index (χ3v) is 1.99. The van der Waals surface area contributed by atoms with Crippen molar-refractivity contribution in [3.63, 3.8) is 0 Å². The maximum atomic E-state index is 5.62. The van der Waals surface area contributed by atoms with Crippen LogP contribution in [0.1, 0.15) is 18.5 Å². The van der Waals surface area contributed by atoms with E-state index in [4.69, 9.17) is 5.73 Å². The third-order valence-electron chi connectivity index (χ3n) is 1.99. The standard InChI is InChI=1S/C8H11N3/c9-8-7(5-6-1-2-6)10-3-4-11-8/h3-4,6H,1-2,5H2,(H2,9,11). The molecule has 2 N–H and O–H groups in total. The highest BCUT2D eigenvalue weighted by molar-refractivity contribution is 5.33. The van der Waals surface area contributed by atoms with Crippen molar-refractivity contribution in [2.24, 2.45) is 5.92 Å². The van der Waals surface area contributed by atoms with Gasteiger partial charge in [-0.25, -0.2) is 4.98 Å². The van der Waals surface area contributed by atoms with Gasteiger partial charge in [0.1, 0.15) is 5.82 Å². The van der Waals surface area contributed by atoms with Crippen LogP contribution < -0.4 is 5.73 Å². The molecule has 0 bridgehead atoms. The van der Waals surface area contributed by atoms with Crippen LogP contribution in [0.2, 0.25) is 0 Å². The van der Waals surface area contributed by atoms with Gasteiger partial charge >= 0.3 is 0 Å². The van der Waals surface area contributed by atoms with Gasteiger partial charge < -0.3 is 5.73 Å². The number of hydrogen-bond donors (Lipinski definition) is 1. The Morgan fingerprint density at radius 3 is 2.73 bits per heavy atom. The van der Waals surface area contributed by atoms with Crippen molar-refractivity contribution < 1.29 is 0 Å². The maximum Gasteiger partial charge on any atom is 0.145 e. The van der Waals surface area contributed by atoms with E-state index in [9.17, 15) is 0 Å². The van der Waals surface area contributed by atoms with Crippen LogP contribution in [0.4, 0.5) is 5.82 Å². The molecule has 2 rings (SSSR count). The highest BCUT2D eigenvalue weighted by atomic mass is 14.9. The zero-order valence-electron chi connectivity index (χ0n) is 6.33. The van der Waals surface area contributed by atoms with E-state index >= 15 is 0 Å². The first-order valence-corrected chi connectivity index (χ1v) is 3.91. The van der Waals surface area contributed by atoms with Crippen LogP contribution in [0.3, 0.4) is 0 Å². The van der Waals surface area contributed by atoms with E-state index in [1.807, 2.05) is 0 Å². The third kappa shape index (κ3) is 1.48. The minimum absolute atomic E-state index is 0.597. The fraction of sp³-hybridized carbons (Fsp3) is 0.500. The van der Waals surface area contributed by atoms with E-state index in [1.165, 1.54) is 12.8 Å². The Morgan fingerprint density at radius 2 is 2.09 bits per heavy atom. The van der Waals surface area contributed by atoms with Crippen LogP contribution >= 0.6 is 0 Å². The van der Waals surface area contributed by atoms with Crippen molar-refractivity contribution in [2.75, 3.05) is 5.73 Å². The molecule has 0 aliphatic heterocycles. The Hall–Kier alpha value is -1.12. The molecule has 0 saturated heterocycles. The SMILES string of the molecule is Nc1nccnc1CC1CC1. The molecule has 1 saturated carbocycles. The van der Waals surface area contributed by atoms with E-state index in [1.54, 1.807) is 12.4 Å². The van der Waals surface area contributed by atoms with Crippen LogP contribution in [-0.2, 0) is 6.42 Å². The zero-order chi connectivity index (χ0) is 7.68. The number of nitrogens with zero attached hydrogens (tertiary/aromatic N) is 2. The second-order valence-corrected chi connectivity index (χ2v) is 3.04. The minimum atomic E-state index is 0.597. The molecule has 1 aliphatic carbocycles. The molecule has 0 unspecified atom stereocenters. The average molecular weight is 149 g/mol. The molecule has 0 atom stereocenters. The Labute approximate surface area is 65.7 Å². The van der Waals surface area contributed by atoms with Crippen LogP contribution in [0.15, 0.2) is 12.4 Å². The summed E-state index contributed by atoms with van der Waals surface area (Å²) in [5.74, 6) is 1.42. The van der Waals surface area contributed by atoms with Gasteiger partial charge in [-0.05, 0) is 25.2 Å². The average Bonchev–Trinajstić information content (AvgIpc) is 2.78. The number of nitrogens with two attached hydrogens (primary N) is 1. The van der Waals surface area contributed by atoms with Crippen molar-refractivity contribution in [1.82, 2.24) is 9.97 Å². The van der Waals surface area contributed by atoms with Gasteiger partial charge in [-0.2, -0.15) is 0 Å². The first kappa shape index (κ1) is 6.58. The molecule has 3 heteroatoms. The van der Waals surface area contributed by atoms with Gasteiger partial charge in [-0.15, -0.1) is 0 Å². The predicted octanol–water partition coefficient (Wildman–Crippen LogP) is 1.01. The molecule has 1 aromatic rings. The summed E-state index contributed by atoms with van der Waals surface area (Å²) in [5, 5.41) is 0. The molecule has 11 heavy (non-hydrogen) atoms. The van der Waals surface area contributed by atoms with Gasteiger partial charge in [-0.3, -0.25) is 4.98 Å². The lowest BCUT2D eigenvalue weighted by molar-refractivity contribution is 0.801. The van der Waals surface area contributed by atoms with Gasteiger partial charge in [0.15, 0.2) is 0 Å². The van der Waals surface area contributed by atoms with Crippen LogP contribution in [0.25, 0.3) is 0 Å². The van der Waals surface area contributed by atoms with E-state index < -0.39 is 0 Å². The van der Waals surface area contributed by atoms with Gasteiger partial charge in [-0.1, -0.05) is 0 Å². The van der Waals surface area contributed by atoms with Crippen LogP contribution in [0, 0.1) is 5.92 Å². The first-order chi connectivity index (χ1) is 5.36. The normalized spacial score (nSPS) is 16.7. The molecule has 0 spiro atoms. The summed E-state index contributed by atoms with van der Waals surface area (Å²) in [6.07, 6.45) is 7.01. The molecule has 0 amide bonds. The number of anilines is 1. The van der Waals surface area contributed by atoms with Crippen LogP contribution in [0.5, 0.6) is 0 Å². The molecule has 0 aromatic carbocycles. The highest BCUT2D eigenvalue weighted by Gasteiger charge is 2.23.